The topological polar surface area (TPSA) is 52.0 Å². The Balaban J connectivity index is 1.94. The molecule has 2 fully saturated rings. The van der Waals surface area contributed by atoms with Gasteiger partial charge in [0.15, 0.2) is 0 Å². The molecule has 0 spiro atoms. The van der Waals surface area contributed by atoms with E-state index in [4.69, 9.17) is 11.5 Å². The molecule has 19 heavy (non-hydrogen) atoms. The lowest BCUT2D eigenvalue weighted by atomic mass is 9.63. The van der Waals surface area contributed by atoms with Crippen molar-refractivity contribution in [1.29, 1.82) is 0 Å². The number of hydrogen-bond donors (Lipinski definition) is 2. The van der Waals surface area contributed by atoms with Gasteiger partial charge in [-0.1, -0.05) is 27.7 Å². The second-order valence-electron chi connectivity index (χ2n) is 7.67. The van der Waals surface area contributed by atoms with Gasteiger partial charge >= 0.3 is 0 Å². The van der Waals surface area contributed by atoms with Gasteiger partial charge in [-0.2, -0.15) is 0 Å². The first-order valence-corrected chi connectivity index (χ1v) is 8.43. The minimum atomic E-state index is 0.433. The van der Waals surface area contributed by atoms with E-state index in [-0.39, 0.29) is 0 Å². The van der Waals surface area contributed by atoms with Gasteiger partial charge in [0.05, 0.1) is 0 Å². The highest BCUT2D eigenvalue weighted by atomic mass is 14.7. The molecule has 2 aliphatic carbocycles. The van der Waals surface area contributed by atoms with Crippen LogP contribution in [0.2, 0.25) is 0 Å². The van der Waals surface area contributed by atoms with Crippen LogP contribution in [0.5, 0.6) is 0 Å². The van der Waals surface area contributed by atoms with Crippen LogP contribution in [0.1, 0.15) is 59.8 Å². The zero-order valence-electron chi connectivity index (χ0n) is 13.3. The smallest absolute Gasteiger partial charge is 0.00672 e. The van der Waals surface area contributed by atoms with Crippen LogP contribution in [0.15, 0.2) is 0 Å². The first-order valence-electron chi connectivity index (χ1n) is 8.43. The maximum atomic E-state index is 6.22. The van der Waals surface area contributed by atoms with Gasteiger partial charge in [-0.3, -0.25) is 0 Å². The second-order valence-corrected chi connectivity index (χ2v) is 7.67. The zero-order chi connectivity index (χ0) is 14.2. The van der Waals surface area contributed by atoms with Crippen LogP contribution in [0.3, 0.4) is 0 Å². The third-order valence-corrected chi connectivity index (χ3v) is 6.84. The van der Waals surface area contributed by atoms with Crippen molar-refractivity contribution >= 4 is 0 Å². The third-order valence-electron chi connectivity index (χ3n) is 6.84. The molecule has 0 aromatic heterocycles. The van der Waals surface area contributed by atoms with E-state index >= 15 is 0 Å². The molecule has 0 aliphatic heterocycles. The Labute approximate surface area is 119 Å². The molecule has 2 nitrogen and oxygen atoms in total. The molecular formula is C17H34N2. The first-order chi connectivity index (χ1) is 8.91. The van der Waals surface area contributed by atoms with Crippen molar-refractivity contribution in [3.8, 4) is 0 Å². The molecule has 0 amide bonds. The van der Waals surface area contributed by atoms with E-state index in [1.165, 1.54) is 32.1 Å². The molecule has 2 rings (SSSR count). The van der Waals surface area contributed by atoms with Crippen LogP contribution in [-0.4, -0.2) is 12.1 Å². The van der Waals surface area contributed by atoms with Gasteiger partial charge in [0, 0.05) is 12.1 Å². The highest BCUT2D eigenvalue weighted by Gasteiger charge is 2.37. The highest BCUT2D eigenvalue weighted by Crippen LogP contribution is 2.43. The molecule has 4 N–H and O–H groups in total. The molecule has 8 atom stereocenters. The molecule has 0 saturated heterocycles. The summed E-state index contributed by atoms with van der Waals surface area (Å²) in [7, 11) is 0. The fourth-order valence-corrected chi connectivity index (χ4v) is 4.56. The van der Waals surface area contributed by atoms with Gasteiger partial charge in [-0.15, -0.1) is 0 Å². The van der Waals surface area contributed by atoms with Gasteiger partial charge in [-0.25, -0.2) is 0 Å². The van der Waals surface area contributed by atoms with Crippen LogP contribution in [0, 0.1) is 35.5 Å². The summed E-state index contributed by atoms with van der Waals surface area (Å²) in [5.41, 5.74) is 12.4. The maximum Gasteiger partial charge on any atom is 0.00672 e. The van der Waals surface area contributed by atoms with Crippen molar-refractivity contribution in [2.24, 2.45) is 47.0 Å². The third kappa shape index (κ3) is 3.16. The van der Waals surface area contributed by atoms with E-state index in [2.05, 4.69) is 27.7 Å². The zero-order valence-corrected chi connectivity index (χ0v) is 13.3. The van der Waals surface area contributed by atoms with Crippen molar-refractivity contribution in [1.82, 2.24) is 0 Å². The molecule has 0 aromatic carbocycles. The van der Waals surface area contributed by atoms with E-state index in [0.717, 1.165) is 23.7 Å². The van der Waals surface area contributed by atoms with Crippen LogP contribution in [0.4, 0.5) is 0 Å². The normalized spacial score (nSPS) is 52.1. The van der Waals surface area contributed by atoms with Gasteiger partial charge in [0.1, 0.15) is 0 Å². The van der Waals surface area contributed by atoms with Crippen LogP contribution in [0.25, 0.3) is 0 Å². The molecule has 5 unspecified atom stereocenters. The van der Waals surface area contributed by atoms with Crippen molar-refractivity contribution in [3.63, 3.8) is 0 Å². The predicted octanol–water partition coefficient (Wildman–Crippen LogP) is 3.40. The molecule has 0 aromatic rings. The maximum absolute atomic E-state index is 6.22. The van der Waals surface area contributed by atoms with Gasteiger partial charge in [-0.05, 0) is 67.6 Å². The Bertz CT molecular complexity index is 263. The largest absolute Gasteiger partial charge is 0.327 e. The van der Waals surface area contributed by atoms with Crippen LogP contribution >= 0.6 is 0 Å². The van der Waals surface area contributed by atoms with E-state index in [0.29, 0.717) is 23.9 Å². The van der Waals surface area contributed by atoms with Gasteiger partial charge in [0.2, 0.25) is 0 Å². The summed E-state index contributed by atoms with van der Waals surface area (Å²) in [6.45, 7) is 9.56. The van der Waals surface area contributed by atoms with E-state index in [1.807, 2.05) is 0 Å². The molecule has 2 heteroatoms. The van der Waals surface area contributed by atoms with Gasteiger partial charge < -0.3 is 11.5 Å². The lowest BCUT2D eigenvalue weighted by Gasteiger charge is -2.44. The van der Waals surface area contributed by atoms with Crippen LogP contribution < -0.4 is 11.5 Å². The average molecular weight is 266 g/mol. The molecule has 0 heterocycles. The standard InChI is InChI=1S/C17H34N2/c1-10-12(3)16(18)7-5-14(10)9-15-6-8-17(19)13(4)11(15)2/h10-17H,5-9,18-19H2,1-4H3/t10-,11+,12+,13?,14?,15?,16?,17?/m1/s1. The number of hydrogen-bond acceptors (Lipinski definition) is 2. The minimum Gasteiger partial charge on any atom is -0.327 e. The van der Waals surface area contributed by atoms with Crippen molar-refractivity contribution in [2.75, 3.05) is 0 Å². The van der Waals surface area contributed by atoms with Crippen LogP contribution in [-0.2, 0) is 0 Å². The summed E-state index contributed by atoms with van der Waals surface area (Å²) in [5.74, 6) is 4.76. The molecule has 0 bridgehead atoms. The summed E-state index contributed by atoms with van der Waals surface area (Å²) in [5, 5.41) is 0. The summed E-state index contributed by atoms with van der Waals surface area (Å²) in [4.78, 5) is 0. The SMILES string of the molecule is CC1C(N)CCC(CC2CCC(N)[C@@H](C)[C@H]2C)[C@H]1C. The summed E-state index contributed by atoms with van der Waals surface area (Å²) in [6.07, 6.45) is 6.56. The molecular weight excluding hydrogens is 232 g/mol. The van der Waals surface area contributed by atoms with Gasteiger partial charge in [0.25, 0.3) is 0 Å². The Morgan fingerprint density at radius 3 is 1.37 bits per heavy atom. The van der Waals surface area contributed by atoms with Crippen molar-refractivity contribution in [2.45, 2.75) is 71.9 Å². The Morgan fingerprint density at radius 2 is 1.00 bits per heavy atom. The van der Waals surface area contributed by atoms with E-state index < -0.39 is 0 Å². The number of nitrogens with two attached hydrogens (primary N) is 2. The van der Waals surface area contributed by atoms with E-state index in [9.17, 15) is 0 Å². The lowest BCUT2D eigenvalue weighted by Crippen LogP contribution is -2.43. The lowest BCUT2D eigenvalue weighted by molar-refractivity contribution is 0.0826. The highest BCUT2D eigenvalue weighted by molar-refractivity contribution is 4.90. The fraction of sp³-hybridized carbons (Fsp3) is 1.00. The Kier molecular flexibility index (Phi) is 4.94. The summed E-state index contributed by atoms with van der Waals surface area (Å²) >= 11 is 0. The predicted molar refractivity (Wildman–Crippen MR) is 82.7 cm³/mol. The summed E-state index contributed by atoms with van der Waals surface area (Å²) in [6, 6.07) is 0.866. The molecule has 0 radical (unpaired) electrons. The molecule has 2 aliphatic rings. The fourth-order valence-electron chi connectivity index (χ4n) is 4.56. The summed E-state index contributed by atoms with van der Waals surface area (Å²) < 4.78 is 0. The molecule has 2 saturated carbocycles. The Hall–Kier alpha value is -0.0800. The van der Waals surface area contributed by atoms with E-state index in [1.54, 1.807) is 0 Å². The average Bonchev–Trinajstić information content (AvgIpc) is 2.39. The quantitative estimate of drug-likeness (QED) is 0.805. The Morgan fingerprint density at radius 1 is 0.632 bits per heavy atom. The molecule has 112 valence electrons. The first kappa shape index (κ1) is 15.3. The van der Waals surface area contributed by atoms with Crippen molar-refractivity contribution in [3.05, 3.63) is 0 Å². The minimum absolute atomic E-state index is 0.433. The van der Waals surface area contributed by atoms with Crippen molar-refractivity contribution < 1.29 is 0 Å². The number of rotatable bonds is 2. The second kappa shape index (κ2) is 6.13. The monoisotopic (exact) mass is 266 g/mol.